The van der Waals surface area contributed by atoms with Gasteiger partial charge in [0.25, 0.3) is 0 Å². The molecule has 0 amide bonds. The van der Waals surface area contributed by atoms with Crippen LogP contribution in [0.4, 0.5) is 0 Å². The molecule has 0 saturated heterocycles. The van der Waals surface area contributed by atoms with Gasteiger partial charge < -0.3 is 5.11 Å². The summed E-state index contributed by atoms with van der Waals surface area (Å²) in [6, 6.07) is 8.04. The second-order valence-corrected chi connectivity index (χ2v) is 5.31. The number of aliphatic hydroxyl groups excluding tert-OH is 1. The summed E-state index contributed by atoms with van der Waals surface area (Å²) in [5.74, 6) is 0.472. The van der Waals surface area contributed by atoms with Crippen molar-refractivity contribution in [3.63, 3.8) is 0 Å². The Kier molecular flexibility index (Phi) is 3.81. The molecule has 0 aromatic heterocycles. The Labute approximate surface area is 99.6 Å². The highest BCUT2D eigenvalue weighted by Crippen LogP contribution is 2.34. The number of aliphatic hydroxyl groups is 1. The molecule has 1 aliphatic rings. The number of halogens is 1. The Hall–Kier alpha value is -0.340. The van der Waals surface area contributed by atoms with Crippen molar-refractivity contribution in [2.75, 3.05) is 0 Å². The van der Waals surface area contributed by atoms with E-state index in [2.05, 4.69) is 15.9 Å². The molecule has 0 aliphatic heterocycles. The van der Waals surface area contributed by atoms with Crippen molar-refractivity contribution in [2.45, 2.75) is 38.2 Å². The molecule has 0 unspecified atom stereocenters. The smallest absolute Gasteiger partial charge is 0.0818 e. The zero-order valence-corrected chi connectivity index (χ0v) is 10.4. The van der Waals surface area contributed by atoms with Gasteiger partial charge in [-0.3, -0.25) is 0 Å². The summed E-state index contributed by atoms with van der Waals surface area (Å²) < 4.78 is 1.07. The molecule has 1 N–H and O–H groups in total. The van der Waals surface area contributed by atoms with Crippen LogP contribution in [0.15, 0.2) is 28.7 Å². The van der Waals surface area contributed by atoms with E-state index in [4.69, 9.17) is 0 Å². The molecule has 1 aliphatic carbocycles. The summed E-state index contributed by atoms with van der Waals surface area (Å²) in [6.45, 7) is 0. The molecular formula is C13H17BrO. The van der Waals surface area contributed by atoms with Crippen molar-refractivity contribution in [1.82, 2.24) is 0 Å². The topological polar surface area (TPSA) is 20.2 Å². The zero-order valence-electron chi connectivity index (χ0n) is 8.82. The van der Waals surface area contributed by atoms with Gasteiger partial charge in [0.15, 0.2) is 0 Å². The van der Waals surface area contributed by atoms with E-state index in [0.29, 0.717) is 5.92 Å². The van der Waals surface area contributed by atoms with E-state index >= 15 is 0 Å². The molecule has 0 radical (unpaired) electrons. The summed E-state index contributed by atoms with van der Waals surface area (Å²) in [4.78, 5) is 0. The molecule has 1 fully saturated rings. The molecule has 1 aromatic rings. The van der Waals surface area contributed by atoms with Crippen LogP contribution in [-0.2, 0) is 0 Å². The second-order valence-electron chi connectivity index (χ2n) is 4.39. The summed E-state index contributed by atoms with van der Waals surface area (Å²) >= 11 is 3.41. The maximum atomic E-state index is 10.2. The number of hydrogen-bond donors (Lipinski definition) is 1. The molecule has 15 heavy (non-hydrogen) atoms. The number of benzene rings is 1. The highest BCUT2D eigenvalue weighted by molar-refractivity contribution is 9.10. The maximum Gasteiger partial charge on any atom is 0.0818 e. The van der Waals surface area contributed by atoms with Gasteiger partial charge in [-0.15, -0.1) is 0 Å². The van der Waals surface area contributed by atoms with Gasteiger partial charge in [-0.2, -0.15) is 0 Å². The quantitative estimate of drug-likeness (QED) is 0.858. The predicted octanol–water partition coefficient (Wildman–Crippen LogP) is 4.06. The second kappa shape index (κ2) is 5.13. The van der Waals surface area contributed by atoms with E-state index in [1.165, 1.54) is 32.1 Å². The average molecular weight is 269 g/mol. The molecule has 1 aromatic carbocycles. The van der Waals surface area contributed by atoms with Gasteiger partial charge in [-0.25, -0.2) is 0 Å². The van der Waals surface area contributed by atoms with E-state index in [9.17, 15) is 5.11 Å². The minimum atomic E-state index is -0.265. The highest BCUT2D eigenvalue weighted by atomic mass is 79.9. The first-order valence-corrected chi connectivity index (χ1v) is 6.50. The molecule has 2 rings (SSSR count). The van der Waals surface area contributed by atoms with Gasteiger partial charge in [0.1, 0.15) is 0 Å². The van der Waals surface area contributed by atoms with Crippen molar-refractivity contribution in [3.8, 4) is 0 Å². The van der Waals surface area contributed by atoms with Gasteiger partial charge in [-0.1, -0.05) is 47.3 Å². The van der Waals surface area contributed by atoms with Gasteiger partial charge in [0.05, 0.1) is 6.10 Å². The lowest BCUT2D eigenvalue weighted by Crippen LogP contribution is -2.15. The van der Waals surface area contributed by atoms with Gasteiger partial charge in [0.2, 0.25) is 0 Å². The monoisotopic (exact) mass is 268 g/mol. The first kappa shape index (κ1) is 11.2. The first-order chi connectivity index (χ1) is 7.27. The Morgan fingerprint density at radius 1 is 1.07 bits per heavy atom. The van der Waals surface area contributed by atoms with E-state index in [1.807, 2.05) is 24.3 Å². The van der Waals surface area contributed by atoms with E-state index in [-0.39, 0.29) is 6.10 Å². The van der Waals surface area contributed by atoms with Crippen LogP contribution >= 0.6 is 15.9 Å². The molecule has 0 spiro atoms. The molecule has 0 bridgehead atoms. The van der Waals surface area contributed by atoms with Gasteiger partial charge in [0, 0.05) is 4.47 Å². The fraction of sp³-hybridized carbons (Fsp3) is 0.538. The van der Waals surface area contributed by atoms with E-state index in [1.54, 1.807) is 0 Å². The van der Waals surface area contributed by atoms with E-state index in [0.717, 1.165) is 10.0 Å². The Morgan fingerprint density at radius 2 is 1.67 bits per heavy atom. The Bertz CT molecular complexity index is 301. The lowest BCUT2D eigenvalue weighted by atomic mass is 9.83. The molecular weight excluding hydrogens is 252 g/mol. The lowest BCUT2D eigenvalue weighted by molar-refractivity contribution is 0.0848. The predicted molar refractivity (Wildman–Crippen MR) is 65.7 cm³/mol. The summed E-state index contributed by atoms with van der Waals surface area (Å²) in [7, 11) is 0. The first-order valence-electron chi connectivity index (χ1n) is 5.71. The van der Waals surface area contributed by atoms with Gasteiger partial charge >= 0.3 is 0 Å². The van der Waals surface area contributed by atoms with Crippen molar-refractivity contribution in [3.05, 3.63) is 34.3 Å². The molecule has 1 atom stereocenters. The largest absolute Gasteiger partial charge is 0.388 e. The SMILES string of the molecule is O[C@H](c1ccc(Br)cc1)C1CCCCC1. The van der Waals surface area contributed by atoms with Crippen molar-refractivity contribution >= 4 is 15.9 Å². The highest BCUT2D eigenvalue weighted by Gasteiger charge is 2.22. The van der Waals surface area contributed by atoms with Crippen LogP contribution in [0.2, 0.25) is 0 Å². The molecule has 0 heterocycles. The van der Waals surface area contributed by atoms with Crippen LogP contribution in [0.25, 0.3) is 0 Å². The van der Waals surface area contributed by atoms with Gasteiger partial charge in [-0.05, 0) is 36.5 Å². The molecule has 1 nitrogen and oxygen atoms in total. The third-order valence-electron chi connectivity index (χ3n) is 3.31. The Morgan fingerprint density at radius 3 is 2.27 bits per heavy atom. The maximum absolute atomic E-state index is 10.2. The summed E-state index contributed by atoms with van der Waals surface area (Å²) in [5, 5.41) is 10.2. The minimum Gasteiger partial charge on any atom is -0.388 e. The minimum absolute atomic E-state index is 0.265. The van der Waals surface area contributed by atoms with Crippen LogP contribution in [0.5, 0.6) is 0 Å². The molecule has 2 heteroatoms. The van der Waals surface area contributed by atoms with Crippen molar-refractivity contribution < 1.29 is 5.11 Å². The fourth-order valence-corrected chi connectivity index (χ4v) is 2.65. The Balaban J connectivity index is 2.05. The van der Waals surface area contributed by atoms with Crippen LogP contribution in [-0.4, -0.2) is 5.11 Å². The normalized spacial score (nSPS) is 20.1. The zero-order chi connectivity index (χ0) is 10.7. The average Bonchev–Trinajstić information content (AvgIpc) is 2.30. The van der Waals surface area contributed by atoms with Crippen molar-refractivity contribution in [2.24, 2.45) is 5.92 Å². The standard InChI is InChI=1S/C13H17BrO/c14-12-8-6-11(7-9-12)13(15)10-4-2-1-3-5-10/h6-10,13,15H,1-5H2/t13-/m0/s1. The van der Waals surface area contributed by atoms with Crippen molar-refractivity contribution in [1.29, 1.82) is 0 Å². The van der Waals surface area contributed by atoms with Crippen LogP contribution in [0, 0.1) is 5.92 Å². The third-order valence-corrected chi connectivity index (χ3v) is 3.84. The van der Waals surface area contributed by atoms with E-state index < -0.39 is 0 Å². The lowest BCUT2D eigenvalue weighted by Gasteiger charge is -2.26. The number of hydrogen-bond acceptors (Lipinski definition) is 1. The molecule has 1 saturated carbocycles. The van der Waals surface area contributed by atoms with Crippen LogP contribution in [0.3, 0.4) is 0 Å². The van der Waals surface area contributed by atoms with Crippen LogP contribution in [0.1, 0.15) is 43.8 Å². The summed E-state index contributed by atoms with van der Waals surface area (Å²) in [6.07, 6.45) is 5.98. The molecule has 82 valence electrons. The summed E-state index contributed by atoms with van der Waals surface area (Å²) in [5.41, 5.74) is 1.06. The third kappa shape index (κ3) is 2.82. The van der Waals surface area contributed by atoms with Crippen LogP contribution < -0.4 is 0 Å². The number of rotatable bonds is 2. The fourth-order valence-electron chi connectivity index (χ4n) is 2.38.